The monoisotopic (exact) mass is 222 g/mol. The Morgan fingerprint density at radius 1 is 1.27 bits per heavy atom. The van der Waals surface area contributed by atoms with E-state index in [0.29, 0.717) is 17.4 Å². The summed E-state index contributed by atoms with van der Waals surface area (Å²) < 4.78 is 1.64. The summed E-state index contributed by atoms with van der Waals surface area (Å²) in [5, 5.41) is 4.84. The van der Waals surface area contributed by atoms with Gasteiger partial charge >= 0.3 is 0 Å². The molecule has 0 unspecified atom stereocenters. The Balaban J connectivity index is 2.45. The SMILES string of the molecule is NCc1cnn(-c2ccc(Cl)cc2)c1N. The van der Waals surface area contributed by atoms with Gasteiger partial charge in [0, 0.05) is 17.1 Å². The minimum Gasteiger partial charge on any atom is -0.383 e. The van der Waals surface area contributed by atoms with E-state index in [0.717, 1.165) is 11.3 Å². The summed E-state index contributed by atoms with van der Waals surface area (Å²) >= 11 is 5.79. The first-order valence-corrected chi connectivity index (χ1v) is 4.88. The van der Waals surface area contributed by atoms with E-state index < -0.39 is 0 Å². The van der Waals surface area contributed by atoms with E-state index >= 15 is 0 Å². The Morgan fingerprint density at radius 2 is 1.93 bits per heavy atom. The van der Waals surface area contributed by atoms with Gasteiger partial charge in [-0.3, -0.25) is 0 Å². The lowest BCUT2D eigenvalue weighted by Crippen LogP contribution is -2.04. The Hall–Kier alpha value is -1.52. The first-order chi connectivity index (χ1) is 7.22. The van der Waals surface area contributed by atoms with E-state index in [1.54, 1.807) is 23.0 Å². The number of nitrogen functional groups attached to an aromatic ring is 1. The van der Waals surface area contributed by atoms with Gasteiger partial charge in [-0.2, -0.15) is 5.10 Å². The summed E-state index contributed by atoms with van der Waals surface area (Å²) in [6.07, 6.45) is 1.67. The van der Waals surface area contributed by atoms with Crippen molar-refractivity contribution in [3.63, 3.8) is 0 Å². The van der Waals surface area contributed by atoms with Crippen molar-refractivity contribution < 1.29 is 0 Å². The summed E-state index contributed by atoms with van der Waals surface area (Å²) in [4.78, 5) is 0. The van der Waals surface area contributed by atoms with Crippen molar-refractivity contribution in [1.82, 2.24) is 9.78 Å². The molecule has 4 N–H and O–H groups in total. The highest BCUT2D eigenvalue weighted by atomic mass is 35.5. The number of hydrogen-bond acceptors (Lipinski definition) is 3. The molecule has 0 saturated carbocycles. The van der Waals surface area contributed by atoms with E-state index in [4.69, 9.17) is 23.1 Å². The number of anilines is 1. The van der Waals surface area contributed by atoms with Crippen LogP contribution in [-0.2, 0) is 6.54 Å². The van der Waals surface area contributed by atoms with Gasteiger partial charge in [-0.15, -0.1) is 0 Å². The molecule has 0 amide bonds. The van der Waals surface area contributed by atoms with Crippen LogP contribution >= 0.6 is 11.6 Å². The molecule has 0 aliphatic carbocycles. The smallest absolute Gasteiger partial charge is 0.131 e. The van der Waals surface area contributed by atoms with Gasteiger partial charge in [-0.25, -0.2) is 4.68 Å². The minimum absolute atomic E-state index is 0.388. The minimum atomic E-state index is 0.388. The van der Waals surface area contributed by atoms with Crippen LogP contribution in [0, 0.1) is 0 Å². The van der Waals surface area contributed by atoms with Crippen molar-refractivity contribution in [1.29, 1.82) is 0 Å². The summed E-state index contributed by atoms with van der Waals surface area (Å²) in [5.74, 6) is 0.569. The van der Waals surface area contributed by atoms with E-state index in [-0.39, 0.29) is 0 Å². The fraction of sp³-hybridized carbons (Fsp3) is 0.100. The molecule has 2 rings (SSSR count). The molecule has 1 aromatic heterocycles. The predicted octanol–water partition coefficient (Wildman–Crippen LogP) is 1.57. The maximum atomic E-state index is 5.87. The number of halogens is 1. The zero-order valence-electron chi connectivity index (χ0n) is 8.02. The highest BCUT2D eigenvalue weighted by Crippen LogP contribution is 2.18. The van der Waals surface area contributed by atoms with Crippen molar-refractivity contribution in [2.75, 3.05) is 5.73 Å². The summed E-state index contributed by atoms with van der Waals surface area (Å²) in [5.41, 5.74) is 13.1. The van der Waals surface area contributed by atoms with Crippen molar-refractivity contribution >= 4 is 17.4 Å². The maximum Gasteiger partial charge on any atom is 0.131 e. The fourth-order valence-corrected chi connectivity index (χ4v) is 1.46. The molecule has 15 heavy (non-hydrogen) atoms. The fourth-order valence-electron chi connectivity index (χ4n) is 1.34. The van der Waals surface area contributed by atoms with Crippen LogP contribution in [0.1, 0.15) is 5.56 Å². The van der Waals surface area contributed by atoms with E-state index in [9.17, 15) is 0 Å². The van der Waals surface area contributed by atoms with Crippen molar-refractivity contribution in [3.05, 3.63) is 41.0 Å². The molecule has 5 heteroatoms. The van der Waals surface area contributed by atoms with Gasteiger partial charge in [-0.1, -0.05) is 11.6 Å². The second-order valence-electron chi connectivity index (χ2n) is 3.15. The molecular weight excluding hydrogens is 212 g/mol. The zero-order valence-corrected chi connectivity index (χ0v) is 8.78. The van der Waals surface area contributed by atoms with Crippen molar-refractivity contribution in [3.8, 4) is 5.69 Å². The Bertz CT molecular complexity index is 461. The molecule has 0 bridgehead atoms. The van der Waals surface area contributed by atoms with Gasteiger partial charge in [0.1, 0.15) is 5.82 Å². The molecule has 0 aliphatic rings. The van der Waals surface area contributed by atoms with Gasteiger partial charge in [0.15, 0.2) is 0 Å². The molecule has 0 spiro atoms. The van der Waals surface area contributed by atoms with Crippen LogP contribution in [0.2, 0.25) is 5.02 Å². The third-order valence-corrected chi connectivity index (χ3v) is 2.43. The van der Waals surface area contributed by atoms with Gasteiger partial charge in [0.25, 0.3) is 0 Å². The van der Waals surface area contributed by atoms with Gasteiger partial charge in [0.05, 0.1) is 11.9 Å². The molecule has 0 fully saturated rings. The van der Waals surface area contributed by atoms with Crippen molar-refractivity contribution in [2.24, 2.45) is 5.73 Å². The second kappa shape index (κ2) is 3.92. The van der Waals surface area contributed by atoms with Crippen molar-refractivity contribution in [2.45, 2.75) is 6.54 Å². The van der Waals surface area contributed by atoms with E-state index in [2.05, 4.69) is 5.10 Å². The van der Waals surface area contributed by atoms with Gasteiger partial charge < -0.3 is 11.5 Å². The lowest BCUT2D eigenvalue weighted by atomic mass is 10.3. The standard InChI is InChI=1S/C10H11ClN4/c11-8-1-3-9(4-2-8)15-10(13)7(5-12)6-14-15/h1-4,6H,5,12-13H2. The Labute approximate surface area is 92.4 Å². The summed E-state index contributed by atoms with van der Waals surface area (Å²) in [7, 11) is 0. The predicted molar refractivity (Wildman–Crippen MR) is 60.9 cm³/mol. The molecule has 0 radical (unpaired) electrons. The first kappa shape index (κ1) is 10.0. The van der Waals surface area contributed by atoms with Crippen LogP contribution in [0.25, 0.3) is 5.69 Å². The van der Waals surface area contributed by atoms with Crippen LogP contribution in [0.15, 0.2) is 30.5 Å². The largest absolute Gasteiger partial charge is 0.383 e. The molecule has 1 heterocycles. The third kappa shape index (κ3) is 1.82. The van der Waals surface area contributed by atoms with E-state index in [1.807, 2.05) is 12.1 Å². The van der Waals surface area contributed by atoms with Gasteiger partial charge in [-0.05, 0) is 24.3 Å². The topological polar surface area (TPSA) is 69.9 Å². The maximum absolute atomic E-state index is 5.87. The lowest BCUT2D eigenvalue weighted by Gasteiger charge is -2.04. The molecule has 0 aliphatic heterocycles. The Kier molecular flexibility index (Phi) is 2.62. The number of nitrogens with zero attached hydrogens (tertiary/aromatic N) is 2. The number of hydrogen-bond donors (Lipinski definition) is 2. The number of rotatable bonds is 2. The van der Waals surface area contributed by atoms with E-state index in [1.165, 1.54) is 0 Å². The zero-order chi connectivity index (χ0) is 10.8. The highest BCUT2D eigenvalue weighted by Gasteiger charge is 2.06. The lowest BCUT2D eigenvalue weighted by molar-refractivity contribution is 0.891. The molecule has 0 atom stereocenters. The average molecular weight is 223 g/mol. The molecule has 4 nitrogen and oxygen atoms in total. The van der Waals surface area contributed by atoms with Crippen LogP contribution in [0.3, 0.4) is 0 Å². The number of benzene rings is 1. The van der Waals surface area contributed by atoms with Crippen LogP contribution in [0.4, 0.5) is 5.82 Å². The molecule has 0 saturated heterocycles. The van der Waals surface area contributed by atoms with Crippen LogP contribution in [-0.4, -0.2) is 9.78 Å². The first-order valence-electron chi connectivity index (χ1n) is 4.50. The Morgan fingerprint density at radius 3 is 2.47 bits per heavy atom. The molecular formula is C10H11ClN4. The van der Waals surface area contributed by atoms with Crippen LogP contribution < -0.4 is 11.5 Å². The average Bonchev–Trinajstić information content (AvgIpc) is 2.61. The summed E-state index contributed by atoms with van der Waals surface area (Å²) in [6, 6.07) is 7.29. The van der Waals surface area contributed by atoms with Gasteiger partial charge in [0.2, 0.25) is 0 Å². The normalized spacial score (nSPS) is 10.5. The molecule has 1 aromatic carbocycles. The summed E-state index contributed by atoms with van der Waals surface area (Å²) in [6.45, 7) is 0.388. The second-order valence-corrected chi connectivity index (χ2v) is 3.58. The number of nitrogens with two attached hydrogens (primary N) is 2. The highest BCUT2D eigenvalue weighted by molar-refractivity contribution is 6.30. The molecule has 2 aromatic rings. The number of aromatic nitrogens is 2. The molecule has 78 valence electrons. The van der Waals surface area contributed by atoms with Crippen LogP contribution in [0.5, 0.6) is 0 Å². The third-order valence-electron chi connectivity index (χ3n) is 2.18. The quantitative estimate of drug-likeness (QED) is 0.810.